The van der Waals surface area contributed by atoms with E-state index in [2.05, 4.69) is 39.8 Å². The molecule has 0 aromatic heterocycles. The molecule has 9 aliphatic heterocycles. The van der Waals surface area contributed by atoms with Crippen molar-refractivity contribution in [1.82, 2.24) is 0 Å². The number of hydrogen-bond donors (Lipinski definition) is 0. The molecule has 9 heterocycles. The van der Waals surface area contributed by atoms with Crippen LogP contribution in [0.25, 0.3) is 0 Å². The predicted octanol–water partition coefficient (Wildman–Crippen LogP) is 10.3. The molecule has 13 rings (SSSR count). The molecule has 4 bridgehead atoms. The molecule has 10 fully saturated rings. The summed E-state index contributed by atoms with van der Waals surface area (Å²) < 4.78 is 59.3. The molecule has 11 aliphatic rings. The van der Waals surface area contributed by atoms with Crippen molar-refractivity contribution in [2.45, 2.75) is 179 Å². The third-order valence-corrected chi connectivity index (χ3v) is 18.5. The molecule has 2 aromatic rings. The van der Waals surface area contributed by atoms with E-state index in [1.165, 1.54) is 24.0 Å². The van der Waals surface area contributed by atoms with Crippen molar-refractivity contribution < 1.29 is 56.6 Å². The Labute approximate surface area is 360 Å². The minimum Gasteiger partial charge on any atom is -0.404 e. The first-order valence-corrected chi connectivity index (χ1v) is 24.9. The van der Waals surface area contributed by atoms with Gasteiger partial charge in [-0.05, 0) is 148 Å². The highest BCUT2D eigenvalue weighted by atomic mass is 31.2. The van der Waals surface area contributed by atoms with Crippen LogP contribution in [-0.2, 0) is 78.2 Å². The van der Waals surface area contributed by atoms with Crippen LogP contribution in [0.3, 0.4) is 0 Å². The number of phosphoric ester groups is 1. The van der Waals surface area contributed by atoms with Gasteiger partial charge in [0.2, 0.25) is 11.6 Å². The molecule has 8 saturated heterocycles. The van der Waals surface area contributed by atoms with E-state index in [0.717, 1.165) is 75.3 Å². The average molecular weight is 865 g/mol. The lowest BCUT2D eigenvalue weighted by atomic mass is 9.57. The van der Waals surface area contributed by atoms with E-state index >= 15 is 0 Å². The number of fused-ring (bicyclic) bond motifs is 5. The molecular weight excluding hydrogens is 799 g/mol. The van der Waals surface area contributed by atoms with Crippen molar-refractivity contribution in [3.8, 4) is 5.75 Å². The molecule has 61 heavy (non-hydrogen) atoms. The molecular formula is C48H65O12P. The predicted molar refractivity (Wildman–Crippen MR) is 221 cm³/mol. The van der Waals surface area contributed by atoms with E-state index in [9.17, 15) is 4.57 Å². The Bertz CT molecular complexity index is 1900. The molecule has 2 saturated carbocycles. The van der Waals surface area contributed by atoms with Gasteiger partial charge < -0.3 is 23.5 Å². The highest BCUT2D eigenvalue weighted by molar-refractivity contribution is 7.48. The summed E-state index contributed by atoms with van der Waals surface area (Å²) in [4.78, 5) is 25.1. The lowest BCUT2D eigenvalue weighted by Crippen LogP contribution is -2.70. The topological polar surface area (TPSA) is 119 Å². The molecule has 4 unspecified atom stereocenters. The van der Waals surface area contributed by atoms with E-state index < -0.39 is 43.2 Å². The second kappa shape index (κ2) is 15.3. The van der Waals surface area contributed by atoms with Crippen LogP contribution in [0.2, 0.25) is 0 Å². The van der Waals surface area contributed by atoms with Crippen LogP contribution in [0.1, 0.15) is 128 Å². The van der Waals surface area contributed by atoms with E-state index in [1.54, 1.807) is 12.1 Å². The number of ether oxygens (including phenoxy) is 4. The second-order valence-electron chi connectivity index (χ2n) is 20.8. The van der Waals surface area contributed by atoms with Gasteiger partial charge in [0.1, 0.15) is 5.75 Å². The van der Waals surface area contributed by atoms with Gasteiger partial charge in [-0.2, -0.15) is 0 Å². The van der Waals surface area contributed by atoms with Gasteiger partial charge >= 0.3 is 7.82 Å². The molecule has 0 radical (unpaired) electrons. The monoisotopic (exact) mass is 864 g/mol. The Hall–Kier alpha value is -1.93. The van der Waals surface area contributed by atoms with Crippen LogP contribution in [0, 0.1) is 47.3 Å². The summed E-state index contributed by atoms with van der Waals surface area (Å²) in [7, 11) is -3.88. The fraction of sp³-hybridized carbons (Fsp3) is 0.750. The van der Waals surface area contributed by atoms with Gasteiger partial charge in [-0.15, -0.1) is 0 Å². The SMILES string of the molecule is C[C@@H]1CCC2[C@@H](C)[C@@H](CCc3cc4c(cc3CC[C@H]3O[C@@H]5O[C@@]6(C)CCC7[C@H](C)CCC([C@H]3C)[C@]75OO6)COP(=O)(Oc3ccccc3)OC4)O[C@@H]3O[C@@]4(C)CCC1[C@@]23OO4. The first kappa shape index (κ1) is 41.8. The van der Waals surface area contributed by atoms with Gasteiger partial charge in [0.25, 0.3) is 0 Å². The Morgan fingerprint density at radius 1 is 0.623 bits per heavy atom. The van der Waals surface area contributed by atoms with E-state index in [4.69, 9.17) is 52.1 Å². The van der Waals surface area contributed by atoms with Crippen LogP contribution in [-0.4, -0.2) is 47.6 Å². The largest absolute Gasteiger partial charge is 0.530 e. The number of benzene rings is 2. The number of phosphoric acid groups is 1. The number of hydrogen-bond acceptors (Lipinski definition) is 12. The first-order chi connectivity index (χ1) is 29.3. The summed E-state index contributed by atoms with van der Waals surface area (Å²) in [6, 6.07) is 13.6. The molecule has 16 atom stereocenters. The van der Waals surface area contributed by atoms with Gasteiger partial charge in [0, 0.05) is 24.7 Å². The maximum Gasteiger partial charge on any atom is 0.530 e. The third kappa shape index (κ3) is 6.87. The zero-order chi connectivity index (χ0) is 41.9. The van der Waals surface area contributed by atoms with Crippen molar-refractivity contribution in [3.63, 3.8) is 0 Å². The highest BCUT2D eigenvalue weighted by Gasteiger charge is 2.70. The number of aryl methyl sites for hydroxylation is 2. The van der Waals surface area contributed by atoms with Crippen LogP contribution >= 0.6 is 7.82 Å². The standard InChI is InChI=1S/C48H65O12P/c1-28-12-16-39-30(3)41(52-43-47(39)37(28)20-22-45(5,54-43)57-59-47)18-14-32-24-34-26-50-61(49,56-36-10-8-7-9-11-36)51-27-35(34)25-33(32)15-19-42-31(4)40-17-13-29(2)38-21-23-46(6)55-44(53-42)48(38,40)60-58-46/h7-11,24-25,28-31,37-44H,12-23,26-27H2,1-6H3/t28-,29-,30-,31-,37?,38?,39?,40?,41-,42-,43-,44-,45-,46-,47-,48-,61?/m1/s1. The van der Waals surface area contributed by atoms with Crippen molar-refractivity contribution >= 4 is 7.82 Å². The van der Waals surface area contributed by atoms with Crippen molar-refractivity contribution in [2.24, 2.45) is 47.3 Å². The highest BCUT2D eigenvalue weighted by Crippen LogP contribution is 2.63. The fourth-order valence-electron chi connectivity index (χ4n) is 13.7. The van der Waals surface area contributed by atoms with E-state index in [0.29, 0.717) is 29.4 Å². The third-order valence-electron chi connectivity index (χ3n) is 17.2. The Morgan fingerprint density at radius 2 is 1.10 bits per heavy atom. The summed E-state index contributed by atoms with van der Waals surface area (Å²) in [6.45, 7) is 13.6. The summed E-state index contributed by atoms with van der Waals surface area (Å²) in [5.74, 6) is 1.52. The average Bonchev–Trinajstić information content (AvgIpc) is 3.69. The normalized spacial score (nSPS) is 48.5. The van der Waals surface area contributed by atoms with Crippen molar-refractivity contribution in [2.75, 3.05) is 0 Å². The number of para-hydroxylation sites is 1. The van der Waals surface area contributed by atoms with E-state index in [1.807, 2.05) is 32.0 Å². The second-order valence-corrected chi connectivity index (χ2v) is 22.3. The molecule has 0 N–H and O–H groups in total. The molecule has 2 aromatic carbocycles. The molecule has 2 spiro atoms. The molecule has 12 nitrogen and oxygen atoms in total. The zero-order valence-corrected chi connectivity index (χ0v) is 37.6. The van der Waals surface area contributed by atoms with Gasteiger partial charge in [0.15, 0.2) is 23.8 Å². The van der Waals surface area contributed by atoms with Gasteiger partial charge in [-0.1, -0.05) is 58.0 Å². The van der Waals surface area contributed by atoms with Gasteiger partial charge in [-0.25, -0.2) is 24.1 Å². The molecule has 2 aliphatic carbocycles. The Balaban J connectivity index is 0.869. The molecule has 13 heteroatoms. The van der Waals surface area contributed by atoms with Gasteiger partial charge in [-0.3, -0.25) is 9.05 Å². The number of rotatable bonds is 8. The lowest BCUT2D eigenvalue weighted by Gasteiger charge is -2.60. The quantitative estimate of drug-likeness (QED) is 0.186. The molecule has 334 valence electrons. The Morgan fingerprint density at radius 3 is 1.57 bits per heavy atom. The summed E-state index contributed by atoms with van der Waals surface area (Å²) in [5, 5.41) is 0. The summed E-state index contributed by atoms with van der Waals surface area (Å²) in [5.41, 5.74) is 3.18. The van der Waals surface area contributed by atoms with Gasteiger partial charge in [0.05, 0.1) is 25.4 Å². The maximum atomic E-state index is 13.9. The van der Waals surface area contributed by atoms with Crippen LogP contribution < -0.4 is 4.52 Å². The zero-order valence-electron chi connectivity index (χ0n) is 36.7. The van der Waals surface area contributed by atoms with Crippen LogP contribution in [0.5, 0.6) is 5.75 Å². The first-order valence-electron chi connectivity index (χ1n) is 23.5. The van der Waals surface area contributed by atoms with Crippen LogP contribution in [0.15, 0.2) is 42.5 Å². The minimum absolute atomic E-state index is 0.0297. The van der Waals surface area contributed by atoms with E-state index in [-0.39, 0.29) is 49.1 Å². The Kier molecular flexibility index (Phi) is 10.5. The smallest absolute Gasteiger partial charge is 0.404 e. The van der Waals surface area contributed by atoms with Crippen molar-refractivity contribution in [3.05, 3.63) is 64.7 Å². The molecule has 0 amide bonds. The summed E-state index contributed by atoms with van der Waals surface area (Å²) in [6.07, 6.45) is 10.3. The summed E-state index contributed by atoms with van der Waals surface area (Å²) >= 11 is 0. The van der Waals surface area contributed by atoms with Crippen LogP contribution in [0.4, 0.5) is 0 Å². The minimum atomic E-state index is -3.88. The van der Waals surface area contributed by atoms with Crippen molar-refractivity contribution in [1.29, 1.82) is 0 Å². The lowest BCUT2D eigenvalue weighted by molar-refractivity contribution is -0.571. The maximum absolute atomic E-state index is 13.9. The fourth-order valence-corrected chi connectivity index (χ4v) is 14.9.